The molecule has 1 aromatic rings. The molecular weight excluding hydrogens is 242 g/mol. The fourth-order valence-corrected chi connectivity index (χ4v) is 1.56. The summed E-state index contributed by atoms with van der Waals surface area (Å²) < 4.78 is 0. The molecule has 0 unspecified atom stereocenters. The van der Waals surface area contributed by atoms with Gasteiger partial charge in [0.1, 0.15) is 5.82 Å². The largest absolute Gasteiger partial charge is 0.481 e. The number of hydrogen-bond donors (Lipinski definition) is 2. The fourth-order valence-electron chi connectivity index (χ4n) is 1.03. The lowest BCUT2D eigenvalue weighted by Crippen LogP contribution is -2.15. The van der Waals surface area contributed by atoms with Gasteiger partial charge in [-0.15, -0.1) is 11.8 Å². The first-order chi connectivity index (χ1) is 8.11. The van der Waals surface area contributed by atoms with E-state index in [0.29, 0.717) is 11.5 Å². The van der Waals surface area contributed by atoms with E-state index < -0.39 is 5.97 Å². The molecule has 0 aliphatic rings. The maximum atomic E-state index is 11.4. The van der Waals surface area contributed by atoms with Gasteiger partial charge in [0.05, 0.1) is 29.6 Å². The monoisotopic (exact) mass is 255 g/mol. The Kier molecular flexibility index (Phi) is 5.41. The van der Waals surface area contributed by atoms with Gasteiger partial charge in [0.2, 0.25) is 5.91 Å². The lowest BCUT2D eigenvalue weighted by molar-refractivity contribution is -0.133. The zero-order valence-corrected chi connectivity index (χ0v) is 10.2. The second-order valence-corrected chi connectivity index (χ2v) is 4.16. The minimum atomic E-state index is -0.932. The summed E-state index contributed by atoms with van der Waals surface area (Å²) >= 11 is 1.04. The van der Waals surface area contributed by atoms with E-state index in [2.05, 4.69) is 15.3 Å². The van der Waals surface area contributed by atoms with Gasteiger partial charge in [0, 0.05) is 6.42 Å². The van der Waals surface area contributed by atoms with Crippen molar-refractivity contribution >= 4 is 29.3 Å². The molecule has 0 aliphatic heterocycles. The van der Waals surface area contributed by atoms with Gasteiger partial charge in [0.25, 0.3) is 0 Å². The summed E-state index contributed by atoms with van der Waals surface area (Å²) in [6.45, 7) is 1.94. The third-order valence-electron chi connectivity index (χ3n) is 1.76. The standard InChI is InChI=1S/C10H13N3O3S/c1-2-8-11-3-7(4-12-8)13-9(14)5-17-6-10(15)16/h3-4H,2,5-6H2,1H3,(H,13,14)(H,15,16). The van der Waals surface area contributed by atoms with Crippen molar-refractivity contribution in [1.82, 2.24) is 9.97 Å². The lowest BCUT2D eigenvalue weighted by atomic mass is 10.4. The summed E-state index contributed by atoms with van der Waals surface area (Å²) in [7, 11) is 0. The normalized spacial score (nSPS) is 9.94. The second-order valence-electron chi connectivity index (χ2n) is 3.18. The van der Waals surface area contributed by atoms with Crippen molar-refractivity contribution in [3.05, 3.63) is 18.2 Å². The highest BCUT2D eigenvalue weighted by molar-refractivity contribution is 8.00. The zero-order chi connectivity index (χ0) is 12.7. The molecule has 0 aromatic carbocycles. The molecule has 0 fully saturated rings. The molecule has 0 radical (unpaired) electrons. The van der Waals surface area contributed by atoms with Crippen LogP contribution in [0.15, 0.2) is 12.4 Å². The van der Waals surface area contributed by atoms with Crippen molar-refractivity contribution in [2.45, 2.75) is 13.3 Å². The van der Waals surface area contributed by atoms with E-state index in [1.54, 1.807) is 0 Å². The molecule has 0 saturated carbocycles. The Bertz CT molecular complexity index is 394. The Morgan fingerprint density at radius 3 is 2.53 bits per heavy atom. The molecule has 0 bridgehead atoms. The average Bonchev–Trinajstić information content (AvgIpc) is 2.29. The van der Waals surface area contributed by atoms with Gasteiger partial charge in [-0.25, -0.2) is 9.97 Å². The van der Waals surface area contributed by atoms with Crippen molar-refractivity contribution in [3.63, 3.8) is 0 Å². The summed E-state index contributed by atoms with van der Waals surface area (Å²) in [6, 6.07) is 0. The summed E-state index contributed by atoms with van der Waals surface area (Å²) in [6.07, 6.45) is 3.81. The van der Waals surface area contributed by atoms with Gasteiger partial charge in [-0.1, -0.05) is 6.92 Å². The molecule has 1 rings (SSSR count). The van der Waals surface area contributed by atoms with E-state index in [0.717, 1.165) is 18.2 Å². The van der Waals surface area contributed by atoms with Gasteiger partial charge in [-0.05, 0) is 0 Å². The molecule has 92 valence electrons. The highest BCUT2D eigenvalue weighted by Crippen LogP contribution is 2.05. The van der Waals surface area contributed by atoms with E-state index in [1.165, 1.54) is 12.4 Å². The predicted octanol–water partition coefficient (Wildman–Crippen LogP) is 0.795. The molecular formula is C10H13N3O3S. The summed E-state index contributed by atoms with van der Waals surface area (Å²) in [4.78, 5) is 29.7. The van der Waals surface area contributed by atoms with Crippen LogP contribution in [-0.4, -0.2) is 38.5 Å². The fraction of sp³-hybridized carbons (Fsp3) is 0.400. The minimum absolute atomic E-state index is 0.0846. The van der Waals surface area contributed by atoms with Gasteiger partial charge in [-0.3, -0.25) is 9.59 Å². The number of aliphatic carboxylic acids is 1. The van der Waals surface area contributed by atoms with Crippen LogP contribution >= 0.6 is 11.8 Å². The maximum absolute atomic E-state index is 11.4. The molecule has 2 N–H and O–H groups in total. The Morgan fingerprint density at radius 2 is 2.00 bits per heavy atom. The molecule has 1 amide bonds. The van der Waals surface area contributed by atoms with Gasteiger partial charge in [0.15, 0.2) is 0 Å². The lowest BCUT2D eigenvalue weighted by Gasteiger charge is -2.03. The van der Waals surface area contributed by atoms with Crippen molar-refractivity contribution in [2.75, 3.05) is 16.8 Å². The Hall–Kier alpha value is -1.63. The molecule has 1 heterocycles. The van der Waals surface area contributed by atoms with Gasteiger partial charge < -0.3 is 10.4 Å². The van der Waals surface area contributed by atoms with Gasteiger partial charge >= 0.3 is 5.97 Å². The van der Waals surface area contributed by atoms with Crippen LogP contribution in [0.2, 0.25) is 0 Å². The Balaban J connectivity index is 2.37. The van der Waals surface area contributed by atoms with Crippen molar-refractivity contribution in [2.24, 2.45) is 0 Å². The topological polar surface area (TPSA) is 92.2 Å². The number of nitrogens with one attached hydrogen (secondary N) is 1. The molecule has 7 heteroatoms. The molecule has 17 heavy (non-hydrogen) atoms. The summed E-state index contributed by atoms with van der Waals surface area (Å²) in [5.74, 6) is -0.466. The number of nitrogens with zero attached hydrogens (tertiary/aromatic N) is 2. The number of carboxylic acids is 1. The predicted molar refractivity (Wildman–Crippen MR) is 65.0 cm³/mol. The van der Waals surface area contributed by atoms with Crippen LogP contribution in [-0.2, 0) is 16.0 Å². The number of carbonyl (C=O) groups is 2. The first-order valence-electron chi connectivity index (χ1n) is 5.02. The SMILES string of the molecule is CCc1ncc(NC(=O)CSCC(=O)O)cn1. The average molecular weight is 255 g/mol. The number of aromatic nitrogens is 2. The van der Waals surface area contributed by atoms with E-state index in [-0.39, 0.29) is 17.4 Å². The number of anilines is 1. The number of aryl methyl sites for hydroxylation is 1. The first kappa shape index (κ1) is 13.4. The number of carbonyl (C=O) groups excluding carboxylic acids is 1. The summed E-state index contributed by atoms with van der Waals surface area (Å²) in [5, 5.41) is 11.0. The summed E-state index contributed by atoms with van der Waals surface area (Å²) in [5.41, 5.74) is 0.517. The van der Waals surface area contributed by atoms with Gasteiger partial charge in [-0.2, -0.15) is 0 Å². The van der Waals surface area contributed by atoms with Crippen LogP contribution in [0.25, 0.3) is 0 Å². The highest BCUT2D eigenvalue weighted by atomic mass is 32.2. The van der Waals surface area contributed by atoms with Crippen LogP contribution in [0.4, 0.5) is 5.69 Å². The van der Waals surface area contributed by atoms with Crippen LogP contribution < -0.4 is 5.32 Å². The highest BCUT2D eigenvalue weighted by Gasteiger charge is 2.05. The van der Waals surface area contributed by atoms with Crippen LogP contribution in [0.5, 0.6) is 0 Å². The maximum Gasteiger partial charge on any atom is 0.313 e. The number of amides is 1. The van der Waals surface area contributed by atoms with Crippen molar-refractivity contribution in [1.29, 1.82) is 0 Å². The van der Waals surface area contributed by atoms with Crippen LogP contribution in [0.1, 0.15) is 12.7 Å². The molecule has 0 saturated heterocycles. The molecule has 6 nitrogen and oxygen atoms in total. The molecule has 0 aliphatic carbocycles. The molecule has 1 aromatic heterocycles. The Labute approximate surface area is 103 Å². The number of rotatable bonds is 6. The van der Waals surface area contributed by atoms with Crippen LogP contribution in [0, 0.1) is 0 Å². The van der Waals surface area contributed by atoms with E-state index in [9.17, 15) is 9.59 Å². The van der Waals surface area contributed by atoms with E-state index >= 15 is 0 Å². The Morgan fingerprint density at radius 1 is 1.35 bits per heavy atom. The number of thioether (sulfide) groups is 1. The second kappa shape index (κ2) is 6.85. The number of hydrogen-bond acceptors (Lipinski definition) is 5. The third kappa shape index (κ3) is 5.30. The quantitative estimate of drug-likeness (QED) is 0.781. The first-order valence-corrected chi connectivity index (χ1v) is 6.17. The van der Waals surface area contributed by atoms with Crippen LogP contribution in [0.3, 0.4) is 0 Å². The van der Waals surface area contributed by atoms with E-state index in [1.807, 2.05) is 6.92 Å². The molecule has 0 spiro atoms. The number of carboxylic acid groups (broad SMARTS) is 1. The zero-order valence-electron chi connectivity index (χ0n) is 9.34. The minimum Gasteiger partial charge on any atom is -0.481 e. The third-order valence-corrected chi connectivity index (χ3v) is 2.68. The van der Waals surface area contributed by atoms with Crippen molar-refractivity contribution < 1.29 is 14.7 Å². The van der Waals surface area contributed by atoms with Crippen molar-refractivity contribution in [3.8, 4) is 0 Å². The molecule has 0 atom stereocenters. The smallest absolute Gasteiger partial charge is 0.313 e. The van der Waals surface area contributed by atoms with E-state index in [4.69, 9.17) is 5.11 Å².